The van der Waals surface area contributed by atoms with Gasteiger partial charge in [-0.05, 0) is 84.3 Å². The summed E-state index contributed by atoms with van der Waals surface area (Å²) in [6, 6.07) is 17.4. The van der Waals surface area contributed by atoms with E-state index in [-0.39, 0.29) is 5.78 Å². The number of thiazole rings is 1. The molecule has 2 N–H and O–H groups in total. The number of aromatic nitrogens is 5. The molecule has 0 amide bonds. The highest BCUT2D eigenvalue weighted by molar-refractivity contribution is 7.13. The van der Waals surface area contributed by atoms with Gasteiger partial charge in [0.05, 0.1) is 0 Å². The number of tetrazole rings is 1. The van der Waals surface area contributed by atoms with Crippen molar-refractivity contribution >= 4 is 17.1 Å². The number of aryl methyl sites for hydroxylation is 2. The first-order chi connectivity index (χ1) is 16.1. The number of benzene rings is 2. The molecule has 2 aromatic carbocycles. The lowest BCUT2D eigenvalue weighted by Gasteiger charge is -2.03. The first-order valence-corrected chi connectivity index (χ1v) is 12.1. The molecular weight excluding hydrogens is 432 g/mol. The molecule has 8 heteroatoms. The Labute approximate surface area is 197 Å². The van der Waals surface area contributed by atoms with Crippen molar-refractivity contribution in [1.82, 2.24) is 20.0 Å². The van der Waals surface area contributed by atoms with Crippen LogP contribution in [0.15, 0.2) is 54.6 Å². The maximum atomic E-state index is 12.6. The molecule has 0 aliphatic carbocycles. The molecule has 7 nitrogen and oxygen atoms in total. The molecule has 4 rings (SSSR count). The van der Waals surface area contributed by atoms with Gasteiger partial charge in [0, 0.05) is 27.5 Å². The maximum Gasteiger partial charge on any atom is 0.364 e. The number of carbonyl (C=O) groups is 1. The van der Waals surface area contributed by atoms with E-state index in [1.807, 2.05) is 68.4 Å². The molecule has 2 heterocycles. The van der Waals surface area contributed by atoms with Gasteiger partial charge < -0.3 is 5.73 Å². The summed E-state index contributed by atoms with van der Waals surface area (Å²) in [7, 11) is 0. The molecule has 0 aliphatic rings. The minimum Gasteiger partial charge on any atom is -0.330 e. The number of nitrogens with two attached hydrogens (primary N) is 1. The lowest BCUT2D eigenvalue weighted by Crippen LogP contribution is -2.43. The minimum absolute atomic E-state index is 0.164. The Morgan fingerprint density at radius 1 is 1.00 bits per heavy atom. The Kier molecular flexibility index (Phi) is 7.36. The average Bonchev–Trinajstić information content (AvgIpc) is 3.43. The van der Waals surface area contributed by atoms with Gasteiger partial charge >= 0.3 is 5.13 Å². The van der Waals surface area contributed by atoms with Crippen LogP contribution >= 0.6 is 11.3 Å². The molecule has 2 aromatic heterocycles. The van der Waals surface area contributed by atoms with E-state index < -0.39 is 0 Å². The summed E-state index contributed by atoms with van der Waals surface area (Å²) in [5.41, 5.74) is 8.97. The Morgan fingerprint density at radius 2 is 1.73 bits per heavy atom. The lowest BCUT2D eigenvalue weighted by molar-refractivity contribution is -0.734. The second-order valence-corrected chi connectivity index (χ2v) is 9.21. The highest BCUT2D eigenvalue weighted by Crippen LogP contribution is 2.19. The van der Waals surface area contributed by atoms with Crippen molar-refractivity contribution in [2.24, 2.45) is 5.73 Å². The van der Waals surface area contributed by atoms with E-state index in [4.69, 9.17) is 15.9 Å². The minimum atomic E-state index is 0.164. The van der Waals surface area contributed by atoms with E-state index >= 15 is 0 Å². The number of Topliss-reactive ketones (excluding diaryl/α,β-unsaturated/α-hetero) is 1. The smallest absolute Gasteiger partial charge is 0.330 e. The number of unbranched alkanes of at least 4 members (excludes halogenated alkanes) is 3. The first-order valence-electron chi connectivity index (χ1n) is 11.3. The molecule has 33 heavy (non-hydrogen) atoms. The number of nitrogens with zero attached hydrogens (tertiary/aromatic N) is 5. The molecule has 0 radical (unpaired) electrons. The van der Waals surface area contributed by atoms with E-state index in [0.29, 0.717) is 24.4 Å². The van der Waals surface area contributed by atoms with Gasteiger partial charge in [-0.2, -0.15) is 0 Å². The quantitative estimate of drug-likeness (QED) is 0.215. The lowest BCUT2D eigenvalue weighted by atomic mass is 10.0. The summed E-state index contributed by atoms with van der Waals surface area (Å²) in [4.78, 5) is 21.8. The van der Waals surface area contributed by atoms with Crippen molar-refractivity contribution in [2.45, 2.75) is 46.0 Å². The molecule has 170 valence electrons. The van der Waals surface area contributed by atoms with Crippen LogP contribution in [0.4, 0.5) is 0 Å². The van der Waals surface area contributed by atoms with Crippen molar-refractivity contribution < 1.29 is 9.59 Å². The number of carbonyl (C=O) groups excluding carboxylic acids is 1. The molecule has 0 unspecified atom stereocenters. The summed E-state index contributed by atoms with van der Waals surface area (Å²) < 4.78 is 0. The van der Waals surface area contributed by atoms with Gasteiger partial charge in [0.15, 0.2) is 5.78 Å². The van der Waals surface area contributed by atoms with Crippen molar-refractivity contribution in [3.8, 4) is 22.2 Å². The average molecular weight is 462 g/mol. The normalized spacial score (nSPS) is 11.1. The number of rotatable bonds is 10. The molecule has 0 spiro atoms. The van der Waals surface area contributed by atoms with Gasteiger partial charge in [0.2, 0.25) is 0 Å². The zero-order valence-corrected chi connectivity index (χ0v) is 19.9. The Morgan fingerprint density at radius 3 is 2.39 bits per heavy atom. The van der Waals surface area contributed by atoms with Crippen LogP contribution in [0.2, 0.25) is 0 Å². The third kappa shape index (κ3) is 5.40. The van der Waals surface area contributed by atoms with Gasteiger partial charge in [0.25, 0.3) is 5.82 Å². The molecule has 0 saturated heterocycles. The summed E-state index contributed by atoms with van der Waals surface area (Å²) in [6.45, 7) is 4.75. The van der Waals surface area contributed by atoms with Gasteiger partial charge in [0.1, 0.15) is 11.4 Å². The zero-order valence-electron chi connectivity index (χ0n) is 19.1. The Bertz CT molecular complexity index is 1190. The van der Waals surface area contributed by atoms with Gasteiger partial charge in [-0.3, -0.25) is 4.79 Å². The van der Waals surface area contributed by atoms with E-state index in [1.54, 1.807) is 20.9 Å². The molecule has 0 bridgehead atoms. The van der Waals surface area contributed by atoms with E-state index in [2.05, 4.69) is 4.98 Å². The van der Waals surface area contributed by atoms with Crippen LogP contribution in [0.5, 0.6) is 0 Å². The standard InChI is InChI=1S/C25H29N6OS/c1-18-19(2)33-25(27-18)31-29-24(21-10-6-5-7-11-21)28-30(31)22-15-13-20(14-16-22)23(32)12-8-3-4-9-17-26/h5-7,10-11,13-16H,3-4,8-9,12,17,26H2,1-2H3/q+1. The topological polar surface area (TPSA) is 90.6 Å². The fourth-order valence-corrected chi connectivity index (χ4v) is 4.38. The van der Waals surface area contributed by atoms with Crippen LogP contribution in [0.1, 0.15) is 53.0 Å². The van der Waals surface area contributed by atoms with E-state index in [9.17, 15) is 4.79 Å². The third-order valence-electron chi connectivity index (χ3n) is 5.56. The van der Waals surface area contributed by atoms with Gasteiger partial charge in [-0.1, -0.05) is 47.4 Å². The largest absolute Gasteiger partial charge is 0.364 e. The second kappa shape index (κ2) is 10.6. The number of hydrogen-bond donors (Lipinski definition) is 1. The van der Waals surface area contributed by atoms with Crippen LogP contribution in [0.3, 0.4) is 0 Å². The fraction of sp³-hybridized carbons (Fsp3) is 0.320. The Balaban J connectivity index is 1.61. The molecule has 0 atom stereocenters. The summed E-state index contributed by atoms with van der Waals surface area (Å²) >= 11 is 1.57. The van der Waals surface area contributed by atoms with E-state index in [1.165, 1.54) is 0 Å². The fourth-order valence-electron chi connectivity index (χ4n) is 3.53. The highest BCUT2D eigenvalue weighted by Gasteiger charge is 2.25. The van der Waals surface area contributed by atoms with E-state index in [0.717, 1.165) is 52.6 Å². The van der Waals surface area contributed by atoms with Crippen LogP contribution in [-0.4, -0.2) is 32.3 Å². The SMILES string of the molecule is Cc1nc(-[n+]2nc(-c3ccccc3)nn2-c2ccc(C(=O)CCCCCCN)cc2)sc1C. The van der Waals surface area contributed by atoms with Crippen LogP contribution in [0, 0.1) is 13.8 Å². The van der Waals surface area contributed by atoms with Crippen LogP contribution in [-0.2, 0) is 0 Å². The maximum absolute atomic E-state index is 12.6. The molecule has 0 aliphatic heterocycles. The second-order valence-electron chi connectivity index (χ2n) is 8.03. The van der Waals surface area contributed by atoms with Crippen molar-refractivity contribution in [3.05, 3.63) is 70.7 Å². The Hall–Kier alpha value is -3.23. The van der Waals surface area contributed by atoms with Crippen LogP contribution in [0.25, 0.3) is 22.2 Å². The molecule has 4 aromatic rings. The number of ketones is 1. The van der Waals surface area contributed by atoms with Gasteiger partial charge in [-0.25, -0.2) is 0 Å². The monoisotopic (exact) mass is 461 g/mol. The number of hydrogen-bond acceptors (Lipinski definition) is 6. The third-order valence-corrected chi connectivity index (χ3v) is 6.60. The summed E-state index contributed by atoms with van der Waals surface area (Å²) in [5, 5.41) is 10.3. The predicted octanol–water partition coefficient (Wildman–Crippen LogP) is 4.38. The molecule has 0 fully saturated rings. The highest BCUT2D eigenvalue weighted by atomic mass is 32.1. The summed E-state index contributed by atoms with van der Waals surface area (Å²) in [6.07, 6.45) is 4.59. The summed E-state index contributed by atoms with van der Waals surface area (Å²) in [5.74, 6) is 0.774. The zero-order chi connectivity index (χ0) is 23.2. The molecule has 0 saturated carbocycles. The predicted molar refractivity (Wildman–Crippen MR) is 130 cm³/mol. The van der Waals surface area contributed by atoms with Crippen molar-refractivity contribution in [3.63, 3.8) is 0 Å². The molecular formula is C25H29N6OS+. The first kappa shape index (κ1) is 22.9. The van der Waals surface area contributed by atoms with Gasteiger partial charge in [-0.15, -0.1) is 0 Å². The van der Waals surface area contributed by atoms with Crippen molar-refractivity contribution in [2.75, 3.05) is 6.54 Å². The van der Waals surface area contributed by atoms with Crippen molar-refractivity contribution in [1.29, 1.82) is 0 Å². The van der Waals surface area contributed by atoms with Crippen LogP contribution < -0.4 is 10.5 Å².